The molecule has 0 spiro atoms. The summed E-state index contributed by atoms with van der Waals surface area (Å²) < 4.78 is 0. The fraction of sp³-hybridized carbons (Fsp3) is 0.600. The van der Waals surface area contributed by atoms with Gasteiger partial charge >= 0.3 is 0 Å². The van der Waals surface area contributed by atoms with Crippen molar-refractivity contribution in [2.75, 3.05) is 0 Å². The molecule has 0 aliphatic heterocycles. The molecule has 0 amide bonds. The van der Waals surface area contributed by atoms with Crippen molar-refractivity contribution in [3.8, 4) is 0 Å². The van der Waals surface area contributed by atoms with E-state index in [1.54, 1.807) is 0 Å². The highest BCUT2D eigenvalue weighted by atomic mass is 14.2. The summed E-state index contributed by atoms with van der Waals surface area (Å²) in [6.45, 7) is 2.34. The fourth-order valence-corrected chi connectivity index (χ4v) is 2.57. The van der Waals surface area contributed by atoms with Gasteiger partial charge in [0, 0.05) is 0 Å². The van der Waals surface area contributed by atoms with E-state index in [4.69, 9.17) is 0 Å². The molecule has 0 heterocycles. The largest absolute Gasteiger partial charge is 0.0885 e. The molecular weight excluding hydrogens is 180 g/mol. The molecule has 0 saturated carbocycles. The lowest BCUT2D eigenvalue weighted by Gasteiger charge is -2.22. The molecule has 0 aromatic carbocycles. The van der Waals surface area contributed by atoms with Gasteiger partial charge in [-0.1, -0.05) is 43.4 Å². The van der Waals surface area contributed by atoms with Crippen LogP contribution >= 0.6 is 0 Å². The molecule has 2 rings (SSSR count). The van der Waals surface area contributed by atoms with Crippen LogP contribution in [0.15, 0.2) is 36.5 Å². The first-order valence-corrected chi connectivity index (χ1v) is 6.36. The van der Waals surface area contributed by atoms with E-state index < -0.39 is 0 Å². The summed E-state index contributed by atoms with van der Waals surface area (Å²) in [5.74, 6) is 2.35. The fourth-order valence-electron chi connectivity index (χ4n) is 2.57. The minimum absolute atomic E-state index is 0.745. The molecule has 0 saturated heterocycles. The number of hydrogen-bond acceptors (Lipinski definition) is 0. The first-order chi connectivity index (χ1) is 7.36. The maximum atomic E-state index is 2.48. The van der Waals surface area contributed by atoms with Crippen LogP contribution in [0.4, 0.5) is 0 Å². The third kappa shape index (κ3) is 3.09. The van der Waals surface area contributed by atoms with Gasteiger partial charge in [0.1, 0.15) is 0 Å². The van der Waals surface area contributed by atoms with Gasteiger partial charge in [0.2, 0.25) is 0 Å². The Balaban J connectivity index is 1.87. The zero-order valence-electron chi connectivity index (χ0n) is 9.73. The summed E-state index contributed by atoms with van der Waals surface area (Å²) in [5, 5.41) is 0. The maximum Gasteiger partial charge on any atom is -0.0170 e. The summed E-state index contributed by atoms with van der Waals surface area (Å²) >= 11 is 0. The van der Waals surface area contributed by atoms with Crippen LogP contribution in [-0.2, 0) is 0 Å². The van der Waals surface area contributed by atoms with Crippen molar-refractivity contribution in [3.63, 3.8) is 0 Å². The van der Waals surface area contributed by atoms with Crippen LogP contribution in [0.2, 0.25) is 0 Å². The smallest absolute Gasteiger partial charge is 0.0170 e. The van der Waals surface area contributed by atoms with Gasteiger partial charge in [-0.15, -0.1) is 0 Å². The zero-order valence-corrected chi connectivity index (χ0v) is 9.73. The van der Waals surface area contributed by atoms with Crippen LogP contribution in [0.1, 0.15) is 39.0 Å². The number of rotatable bonds is 2. The monoisotopic (exact) mass is 202 g/mol. The summed E-state index contributed by atoms with van der Waals surface area (Å²) in [4.78, 5) is 0. The van der Waals surface area contributed by atoms with E-state index in [1.165, 1.54) is 32.1 Å². The lowest BCUT2D eigenvalue weighted by molar-refractivity contribution is 0.454. The predicted molar refractivity (Wildman–Crippen MR) is 66.6 cm³/mol. The highest BCUT2D eigenvalue weighted by molar-refractivity contribution is 5.05. The summed E-state index contributed by atoms with van der Waals surface area (Å²) in [6.07, 6.45) is 20.8. The van der Waals surface area contributed by atoms with Crippen LogP contribution in [0.5, 0.6) is 0 Å². The first-order valence-electron chi connectivity index (χ1n) is 6.36. The molecular formula is C15H22. The Morgan fingerprint density at radius 1 is 1.00 bits per heavy atom. The number of allylic oxidation sites excluding steroid dienone is 6. The van der Waals surface area contributed by atoms with Crippen LogP contribution in [0.25, 0.3) is 0 Å². The summed E-state index contributed by atoms with van der Waals surface area (Å²) in [5.41, 5.74) is 0. The van der Waals surface area contributed by atoms with E-state index in [0.29, 0.717) is 0 Å². The van der Waals surface area contributed by atoms with Crippen LogP contribution in [-0.4, -0.2) is 0 Å². The van der Waals surface area contributed by atoms with Crippen molar-refractivity contribution in [2.45, 2.75) is 39.0 Å². The van der Waals surface area contributed by atoms with E-state index >= 15 is 0 Å². The van der Waals surface area contributed by atoms with Gasteiger partial charge < -0.3 is 0 Å². The molecule has 0 nitrogen and oxygen atoms in total. The van der Waals surface area contributed by atoms with Crippen LogP contribution in [0.3, 0.4) is 0 Å². The Labute approximate surface area is 93.8 Å². The second-order valence-corrected chi connectivity index (χ2v) is 4.96. The van der Waals surface area contributed by atoms with Crippen molar-refractivity contribution in [3.05, 3.63) is 36.5 Å². The Morgan fingerprint density at radius 2 is 1.87 bits per heavy atom. The van der Waals surface area contributed by atoms with Crippen molar-refractivity contribution in [2.24, 2.45) is 17.8 Å². The second kappa shape index (κ2) is 5.34. The molecule has 2 aliphatic carbocycles. The second-order valence-electron chi connectivity index (χ2n) is 4.96. The molecule has 0 heteroatoms. The topological polar surface area (TPSA) is 0 Å². The van der Waals surface area contributed by atoms with Crippen molar-refractivity contribution >= 4 is 0 Å². The Kier molecular flexibility index (Phi) is 3.82. The standard InChI is InChI=1S/C15H22/c1-13-7-5-6-10-15(13)12-11-14-8-3-2-4-9-14/h2-3,5,7,11-15H,4,6,8-10H2,1H3/b12-11+. The van der Waals surface area contributed by atoms with E-state index in [2.05, 4.69) is 43.4 Å². The minimum Gasteiger partial charge on any atom is -0.0885 e. The van der Waals surface area contributed by atoms with E-state index in [0.717, 1.165) is 17.8 Å². The van der Waals surface area contributed by atoms with Crippen molar-refractivity contribution < 1.29 is 0 Å². The lowest BCUT2D eigenvalue weighted by Crippen LogP contribution is -2.10. The van der Waals surface area contributed by atoms with Gasteiger partial charge in [-0.05, 0) is 49.9 Å². The Morgan fingerprint density at radius 3 is 2.60 bits per heavy atom. The minimum atomic E-state index is 0.745. The SMILES string of the molecule is CC1C=CCCC1/C=C/C1CC=CCC1. The Hall–Kier alpha value is -0.780. The molecule has 0 aromatic rings. The van der Waals surface area contributed by atoms with Gasteiger partial charge in [-0.2, -0.15) is 0 Å². The molecule has 0 N–H and O–H groups in total. The third-order valence-electron chi connectivity index (χ3n) is 3.72. The van der Waals surface area contributed by atoms with E-state index in [1.807, 2.05) is 0 Å². The maximum absolute atomic E-state index is 2.48. The average Bonchev–Trinajstić information content (AvgIpc) is 2.29. The lowest BCUT2D eigenvalue weighted by atomic mass is 9.83. The zero-order chi connectivity index (χ0) is 10.5. The molecule has 0 aromatic heterocycles. The molecule has 2 aliphatic rings. The molecule has 0 fully saturated rings. The Bertz CT molecular complexity index is 270. The molecule has 3 atom stereocenters. The first kappa shape index (κ1) is 10.7. The van der Waals surface area contributed by atoms with Gasteiger partial charge in [0.05, 0.1) is 0 Å². The quantitative estimate of drug-likeness (QED) is 0.578. The van der Waals surface area contributed by atoms with Crippen LogP contribution < -0.4 is 0 Å². The summed E-state index contributed by atoms with van der Waals surface area (Å²) in [7, 11) is 0. The van der Waals surface area contributed by atoms with Crippen LogP contribution in [0, 0.1) is 17.8 Å². The highest BCUT2D eigenvalue weighted by Gasteiger charge is 2.15. The van der Waals surface area contributed by atoms with Gasteiger partial charge in [-0.3, -0.25) is 0 Å². The normalized spacial score (nSPS) is 36.2. The molecule has 0 bridgehead atoms. The molecule has 15 heavy (non-hydrogen) atoms. The van der Waals surface area contributed by atoms with Crippen molar-refractivity contribution in [1.82, 2.24) is 0 Å². The number of hydrogen-bond donors (Lipinski definition) is 0. The average molecular weight is 202 g/mol. The van der Waals surface area contributed by atoms with Gasteiger partial charge in [-0.25, -0.2) is 0 Å². The van der Waals surface area contributed by atoms with Gasteiger partial charge in [0.25, 0.3) is 0 Å². The summed E-state index contributed by atoms with van der Waals surface area (Å²) in [6, 6.07) is 0. The molecule has 82 valence electrons. The molecule has 3 unspecified atom stereocenters. The highest BCUT2D eigenvalue weighted by Crippen LogP contribution is 2.27. The predicted octanol–water partition coefficient (Wildman–Crippen LogP) is 4.50. The van der Waals surface area contributed by atoms with E-state index in [9.17, 15) is 0 Å². The molecule has 0 radical (unpaired) electrons. The van der Waals surface area contributed by atoms with Crippen molar-refractivity contribution in [1.29, 1.82) is 0 Å². The van der Waals surface area contributed by atoms with E-state index in [-0.39, 0.29) is 0 Å². The third-order valence-corrected chi connectivity index (χ3v) is 3.72. The van der Waals surface area contributed by atoms with Gasteiger partial charge in [0.15, 0.2) is 0 Å².